The Morgan fingerprint density at radius 1 is 1.11 bits per heavy atom. The molecule has 0 aliphatic rings. The zero-order valence-electron chi connectivity index (χ0n) is 21.1. The Balaban J connectivity index is 1.48. The first-order valence-electron chi connectivity index (χ1n) is 12.1. The van der Waals surface area contributed by atoms with Crippen LogP contribution in [0.4, 0.5) is 11.5 Å². The summed E-state index contributed by atoms with van der Waals surface area (Å²) in [5.74, 6) is 1.15. The van der Waals surface area contributed by atoms with Crippen molar-refractivity contribution in [3.63, 3.8) is 0 Å². The maximum absolute atomic E-state index is 12.6. The summed E-state index contributed by atoms with van der Waals surface area (Å²) >= 11 is 6.53. The molecule has 10 nitrogen and oxygen atoms in total. The monoisotopic (exact) mass is 539 g/mol. The van der Waals surface area contributed by atoms with Gasteiger partial charge in [-0.3, -0.25) is 4.79 Å². The molecule has 0 saturated heterocycles. The standard InChI is InChI=1S/C27H30ClN5O5/c1-27(2,16-35)32-26(36)18-4-3-5-20(14-18)38-23-7-6-19(15-21(23)28)31-25-24-22(29-17-30-25)8-9-33(24)10-12-37-13-11-34/h3-9,14-15,17,34-35H,10-13,16H2,1-2H3,(H,32,36)(H,29,30,31). The van der Waals surface area contributed by atoms with Crippen molar-refractivity contribution in [2.45, 2.75) is 25.9 Å². The van der Waals surface area contributed by atoms with Crippen LogP contribution >= 0.6 is 11.6 Å². The number of ether oxygens (including phenoxy) is 2. The predicted octanol–water partition coefficient (Wildman–Crippen LogP) is 4.13. The predicted molar refractivity (Wildman–Crippen MR) is 145 cm³/mol. The first kappa shape index (κ1) is 27.3. The summed E-state index contributed by atoms with van der Waals surface area (Å²) in [5, 5.41) is 24.8. The molecule has 4 N–H and O–H groups in total. The zero-order chi connectivity index (χ0) is 27.1. The summed E-state index contributed by atoms with van der Waals surface area (Å²) < 4.78 is 13.3. The van der Waals surface area contributed by atoms with Gasteiger partial charge in [0.2, 0.25) is 0 Å². The minimum atomic E-state index is -0.745. The van der Waals surface area contributed by atoms with Crippen molar-refractivity contribution >= 4 is 40.0 Å². The summed E-state index contributed by atoms with van der Waals surface area (Å²) in [4.78, 5) is 21.3. The molecule has 0 aliphatic carbocycles. The van der Waals surface area contributed by atoms with Crippen LogP contribution in [0.5, 0.6) is 11.5 Å². The van der Waals surface area contributed by atoms with Crippen molar-refractivity contribution in [2.75, 3.05) is 31.7 Å². The van der Waals surface area contributed by atoms with Crippen molar-refractivity contribution in [3.05, 3.63) is 71.6 Å². The van der Waals surface area contributed by atoms with Gasteiger partial charge in [-0.05, 0) is 56.3 Å². The number of fused-ring (bicyclic) bond motifs is 1. The van der Waals surface area contributed by atoms with Gasteiger partial charge in [0.25, 0.3) is 5.91 Å². The highest BCUT2D eigenvalue weighted by molar-refractivity contribution is 6.32. The van der Waals surface area contributed by atoms with Gasteiger partial charge in [-0.15, -0.1) is 0 Å². The number of nitrogens with one attached hydrogen (secondary N) is 2. The van der Waals surface area contributed by atoms with Crippen molar-refractivity contribution in [1.29, 1.82) is 0 Å². The Bertz CT molecular complexity index is 1410. The fourth-order valence-electron chi connectivity index (χ4n) is 3.68. The molecule has 38 heavy (non-hydrogen) atoms. The van der Waals surface area contributed by atoms with Gasteiger partial charge in [-0.25, -0.2) is 9.97 Å². The van der Waals surface area contributed by atoms with Crippen molar-refractivity contribution in [2.24, 2.45) is 0 Å². The third-order valence-electron chi connectivity index (χ3n) is 5.63. The minimum absolute atomic E-state index is 0.0213. The molecular formula is C27H30ClN5O5. The van der Waals surface area contributed by atoms with Crippen molar-refractivity contribution in [3.8, 4) is 11.5 Å². The van der Waals surface area contributed by atoms with Crippen molar-refractivity contribution < 1.29 is 24.5 Å². The molecule has 200 valence electrons. The number of rotatable bonds is 12. The fraction of sp³-hybridized carbons (Fsp3) is 0.296. The molecule has 4 rings (SSSR count). The Hall–Kier alpha value is -3.70. The van der Waals surface area contributed by atoms with Gasteiger partial charge >= 0.3 is 0 Å². The van der Waals surface area contributed by atoms with E-state index in [1.807, 2.05) is 22.9 Å². The van der Waals surface area contributed by atoms with Crippen LogP contribution in [-0.2, 0) is 11.3 Å². The van der Waals surface area contributed by atoms with Crippen LogP contribution in [0.25, 0.3) is 11.0 Å². The van der Waals surface area contributed by atoms with Gasteiger partial charge in [0.05, 0.1) is 42.5 Å². The lowest BCUT2D eigenvalue weighted by Crippen LogP contribution is -2.46. The van der Waals surface area contributed by atoms with Crippen LogP contribution in [0, 0.1) is 0 Å². The number of anilines is 2. The van der Waals surface area contributed by atoms with E-state index in [9.17, 15) is 9.90 Å². The lowest BCUT2D eigenvalue weighted by Gasteiger charge is -2.23. The third-order valence-corrected chi connectivity index (χ3v) is 5.92. The number of hydrogen-bond acceptors (Lipinski definition) is 8. The normalized spacial score (nSPS) is 11.5. The SMILES string of the molecule is CC(C)(CO)NC(=O)c1cccc(Oc2ccc(Nc3ncnc4ccn(CCOCCO)c34)cc2Cl)c1. The van der Waals surface area contributed by atoms with Crippen LogP contribution in [-0.4, -0.2) is 62.6 Å². The van der Waals surface area contributed by atoms with Crippen LogP contribution in [0.15, 0.2) is 61.1 Å². The molecule has 0 aliphatic heterocycles. The topological polar surface area (TPSA) is 131 Å². The average Bonchev–Trinajstić information content (AvgIpc) is 3.32. The largest absolute Gasteiger partial charge is 0.456 e. The molecule has 0 fully saturated rings. The molecule has 11 heteroatoms. The molecule has 1 amide bonds. The lowest BCUT2D eigenvalue weighted by atomic mass is 10.1. The second-order valence-corrected chi connectivity index (χ2v) is 9.60. The number of aliphatic hydroxyl groups is 2. The lowest BCUT2D eigenvalue weighted by molar-refractivity contribution is 0.0869. The van der Waals surface area contributed by atoms with Gasteiger partial charge < -0.3 is 34.9 Å². The van der Waals surface area contributed by atoms with Gasteiger partial charge in [0, 0.05) is 24.0 Å². The molecule has 0 radical (unpaired) electrons. The molecule has 0 unspecified atom stereocenters. The second kappa shape index (κ2) is 12.2. The van der Waals surface area contributed by atoms with Crippen LogP contribution in [0.2, 0.25) is 5.02 Å². The number of carbonyl (C=O) groups is 1. The highest BCUT2D eigenvalue weighted by atomic mass is 35.5. The van der Waals surface area contributed by atoms with E-state index < -0.39 is 5.54 Å². The van der Waals surface area contributed by atoms with Gasteiger partial charge in [-0.2, -0.15) is 0 Å². The highest BCUT2D eigenvalue weighted by Gasteiger charge is 2.20. The van der Waals surface area contributed by atoms with Crippen LogP contribution in [0.3, 0.4) is 0 Å². The summed E-state index contributed by atoms with van der Waals surface area (Å²) in [6, 6.07) is 13.9. The second-order valence-electron chi connectivity index (χ2n) is 9.20. The number of amides is 1. The smallest absolute Gasteiger partial charge is 0.251 e. The Kier molecular flexibility index (Phi) is 8.80. The number of benzene rings is 2. The third kappa shape index (κ3) is 6.78. The highest BCUT2D eigenvalue weighted by Crippen LogP contribution is 2.33. The first-order chi connectivity index (χ1) is 18.3. The Morgan fingerprint density at radius 3 is 2.71 bits per heavy atom. The van der Waals surface area contributed by atoms with Gasteiger partial charge in [0.15, 0.2) is 5.82 Å². The van der Waals surface area contributed by atoms with Crippen LogP contribution < -0.4 is 15.4 Å². The molecule has 0 atom stereocenters. The van der Waals surface area contributed by atoms with E-state index in [1.54, 1.807) is 50.2 Å². The fourth-order valence-corrected chi connectivity index (χ4v) is 3.90. The Morgan fingerprint density at radius 2 is 1.95 bits per heavy atom. The van der Waals surface area contributed by atoms with E-state index in [2.05, 4.69) is 20.6 Å². The number of aromatic nitrogens is 3. The van der Waals surface area contributed by atoms with E-state index in [-0.39, 0.29) is 25.7 Å². The van der Waals surface area contributed by atoms with Gasteiger partial charge in [-0.1, -0.05) is 17.7 Å². The molecular weight excluding hydrogens is 510 g/mol. The summed E-state index contributed by atoms with van der Waals surface area (Å²) in [6.07, 6.45) is 3.40. The van der Waals surface area contributed by atoms with E-state index in [4.69, 9.17) is 26.2 Å². The van der Waals surface area contributed by atoms with Crippen molar-refractivity contribution in [1.82, 2.24) is 19.9 Å². The molecule has 0 bridgehead atoms. The summed E-state index contributed by atoms with van der Waals surface area (Å²) in [6.45, 7) is 4.57. The van der Waals surface area contributed by atoms with E-state index in [1.165, 1.54) is 6.33 Å². The molecule has 2 aromatic heterocycles. The molecule has 4 aromatic rings. The number of halogens is 1. The first-order valence-corrected chi connectivity index (χ1v) is 12.4. The van der Waals surface area contributed by atoms with Gasteiger partial charge in [0.1, 0.15) is 23.3 Å². The number of nitrogens with zero attached hydrogens (tertiary/aromatic N) is 3. The molecule has 0 saturated carbocycles. The summed E-state index contributed by atoms with van der Waals surface area (Å²) in [5.41, 5.74) is 1.95. The van der Waals surface area contributed by atoms with E-state index >= 15 is 0 Å². The molecule has 2 aromatic carbocycles. The summed E-state index contributed by atoms with van der Waals surface area (Å²) in [7, 11) is 0. The quantitative estimate of drug-likeness (QED) is 0.198. The molecule has 0 spiro atoms. The molecule has 2 heterocycles. The van der Waals surface area contributed by atoms with Crippen LogP contribution in [0.1, 0.15) is 24.2 Å². The number of hydrogen-bond donors (Lipinski definition) is 4. The Labute approximate surface area is 225 Å². The maximum Gasteiger partial charge on any atom is 0.251 e. The number of carbonyl (C=O) groups excluding carboxylic acids is 1. The van der Waals surface area contributed by atoms with E-state index in [0.717, 1.165) is 11.0 Å². The maximum atomic E-state index is 12.6. The van der Waals surface area contributed by atoms with E-state index in [0.29, 0.717) is 46.7 Å². The average molecular weight is 540 g/mol. The zero-order valence-corrected chi connectivity index (χ0v) is 21.9. The number of aliphatic hydroxyl groups excluding tert-OH is 2. The minimum Gasteiger partial charge on any atom is -0.456 e.